The van der Waals surface area contributed by atoms with Crippen molar-refractivity contribution in [1.82, 2.24) is 19.9 Å². The molecule has 0 amide bonds. The molecule has 107 heavy (non-hydrogen) atoms. The summed E-state index contributed by atoms with van der Waals surface area (Å²) in [6.45, 7) is 19.1. The fraction of sp³-hybridized carbons (Fsp3) is 0.0787. The summed E-state index contributed by atoms with van der Waals surface area (Å²) in [6, 6.07) is 103. The summed E-state index contributed by atoms with van der Waals surface area (Å²) in [6.07, 6.45) is 8.02. The maximum atomic E-state index is 5.46. The minimum atomic E-state index is 0. The minimum absolute atomic E-state index is 0. The Morgan fingerprint density at radius 2 is 0.869 bits per heavy atom. The number of anilines is 16. The monoisotopic (exact) mass is 2110 g/mol. The van der Waals surface area contributed by atoms with Crippen LogP contribution >= 0.6 is 0 Å². The number of pyridine rings is 4. The van der Waals surface area contributed by atoms with Crippen molar-refractivity contribution < 1.29 is 89.3 Å². The Morgan fingerprint density at radius 1 is 0.383 bits per heavy atom. The van der Waals surface area contributed by atoms with Gasteiger partial charge in [0.15, 0.2) is 0 Å². The first kappa shape index (κ1) is 76.3. The number of rotatable bonds is 11. The summed E-state index contributed by atoms with van der Waals surface area (Å²) in [5.74, 6) is 4.08. The number of furan rings is 2. The van der Waals surface area contributed by atoms with Gasteiger partial charge in [-0.1, -0.05) is 99.0 Å². The Bertz CT molecular complexity index is 5310. The molecule has 19 rings (SSSR count). The van der Waals surface area contributed by atoms with Crippen LogP contribution in [0.3, 0.4) is 0 Å². The van der Waals surface area contributed by atoms with Crippen molar-refractivity contribution in [1.29, 1.82) is 0 Å². The van der Waals surface area contributed by atoms with E-state index in [0.29, 0.717) is 5.92 Å². The van der Waals surface area contributed by atoms with Crippen molar-refractivity contribution in [2.75, 3.05) is 39.2 Å². The Labute approximate surface area is 679 Å². The molecule has 6 aromatic heterocycles. The first-order valence-electron chi connectivity index (χ1n) is 34.4. The maximum absolute atomic E-state index is 5.46. The fourth-order valence-corrected chi connectivity index (χ4v) is 13.2. The summed E-state index contributed by atoms with van der Waals surface area (Å²) in [7, 11) is 0. The van der Waals surface area contributed by atoms with Gasteiger partial charge in [-0.3, -0.25) is 0 Å². The Hall–Kier alpha value is -10.3. The van der Waals surface area contributed by atoms with Crippen LogP contribution in [0.4, 0.5) is 91.5 Å². The second-order valence-electron chi connectivity index (χ2n) is 25.2. The van der Waals surface area contributed by atoms with E-state index in [1.807, 2.05) is 139 Å². The molecule has 542 valence electrons. The topological polar surface area (TPSA) is 104 Å². The van der Waals surface area contributed by atoms with Crippen molar-refractivity contribution in [2.45, 2.75) is 47.0 Å². The van der Waals surface area contributed by atoms with Gasteiger partial charge in [0.2, 0.25) is 0 Å². The average Bonchev–Trinajstić information content (AvgIpc) is 1.36. The van der Waals surface area contributed by atoms with E-state index in [4.69, 9.17) is 23.8 Å². The molecule has 0 N–H and O–H groups in total. The molecule has 9 aromatic carbocycles. The molecule has 15 aromatic rings. The Morgan fingerprint density at radius 3 is 1.43 bits per heavy atom. The van der Waals surface area contributed by atoms with Gasteiger partial charge in [0.1, 0.15) is 28.9 Å². The van der Waals surface area contributed by atoms with Crippen LogP contribution in [0.1, 0.15) is 49.2 Å². The number of nitrogens with zero attached hydrogens (tertiary/aromatic N) is 12. The van der Waals surface area contributed by atoms with E-state index in [2.05, 4.69) is 264 Å². The van der Waals surface area contributed by atoms with E-state index in [0.717, 1.165) is 131 Å². The van der Waals surface area contributed by atoms with Crippen LogP contribution in [0.15, 0.2) is 301 Å². The van der Waals surface area contributed by atoms with Gasteiger partial charge in [-0.2, -0.15) is 97.1 Å². The normalized spacial score (nSPS) is 12.8. The molecule has 0 atom stereocenters. The molecule has 0 fully saturated rings. The zero-order valence-corrected chi connectivity index (χ0v) is 68.4. The number of para-hydroxylation sites is 6. The van der Waals surface area contributed by atoms with Crippen LogP contribution in [-0.4, -0.2) is 19.9 Å². The molecular formula is C89H70Ir4N12O2-8. The van der Waals surface area contributed by atoms with Gasteiger partial charge >= 0.3 is 0 Å². The summed E-state index contributed by atoms with van der Waals surface area (Å²) < 4.78 is 10.9. The molecule has 4 radical (unpaired) electrons. The minimum Gasteiger partial charge on any atom is -0.523 e. The van der Waals surface area contributed by atoms with Crippen molar-refractivity contribution >= 4 is 113 Å². The maximum Gasteiger partial charge on any atom is 0.133 e. The van der Waals surface area contributed by atoms with Gasteiger partial charge in [0.05, 0.1) is 35.3 Å². The molecule has 18 heteroatoms. The van der Waals surface area contributed by atoms with Crippen LogP contribution in [0.2, 0.25) is 0 Å². The van der Waals surface area contributed by atoms with Crippen molar-refractivity contribution in [3.63, 3.8) is 0 Å². The standard InChI is InChI=1S/C26H21N3.C22H13N3O2.C21H19N3.C20H17N3.4Ir/c1-19-10-9-11-20(2)24(19)23-16-17-27-26-25(23)28(21-12-5-3-6-13-21)18-29(26)22-14-7-4-8-15-22;1-2-19-22(23-9-1)25(18-4-6-21-16(13-18)8-11-27-21)14-24(19)17-3-5-20-15(12-17)7-10-26-20;1-16(2)19-13-14-20-21(22-19)24(18-11-7-4-8-12-18)15-23(20)17-9-5-3-6-10-17;1-2-16-13-14-19-20(21-16)23(18-11-7-4-8-12-18)15-22(19)17-9-5-3-6-10-17;;;;/h3-14,16-18H,1-2H3;1-3,5-14H;3-11,13-16H,1-2H3;3-11,13-15H,2H2,1H3;;;;/q4*-2;;;;. The van der Waals surface area contributed by atoms with Crippen LogP contribution in [0, 0.1) is 64.8 Å². The first-order valence-corrected chi connectivity index (χ1v) is 34.4. The van der Waals surface area contributed by atoms with E-state index < -0.39 is 0 Å². The number of hydrogen-bond donors (Lipinski definition) is 0. The molecule has 0 saturated heterocycles. The number of benzene rings is 9. The molecule has 0 unspecified atom stereocenters. The van der Waals surface area contributed by atoms with Crippen LogP contribution in [-0.2, 0) is 86.8 Å². The second-order valence-corrected chi connectivity index (χ2v) is 25.2. The molecule has 0 bridgehead atoms. The predicted molar refractivity (Wildman–Crippen MR) is 416 cm³/mol. The quantitative estimate of drug-likeness (QED) is 0.115. The first-order chi connectivity index (χ1) is 50.7. The van der Waals surface area contributed by atoms with Gasteiger partial charge < -0.3 is 48.0 Å². The second kappa shape index (κ2) is 34.5. The zero-order valence-electron chi connectivity index (χ0n) is 58.8. The summed E-state index contributed by atoms with van der Waals surface area (Å²) in [4.78, 5) is 36.2. The third kappa shape index (κ3) is 15.8. The van der Waals surface area contributed by atoms with Crippen molar-refractivity contribution in [2.24, 2.45) is 0 Å². The summed E-state index contributed by atoms with van der Waals surface area (Å²) in [5, 5.41) is 2.10. The molecule has 0 spiro atoms. The third-order valence-electron chi connectivity index (χ3n) is 18.3. The Kier molecular flexibility index (Phi) is 24.6. The smallest absolute Gasteiger partial charge is 0.133 e. The van der Waals surface area contributed by atoms with Gasteiger partial charge in [-0.15, -0.1) is 61.6 Å². The average molecular weight is 2110 g/mol. The van der Waals surface area contributed by atoms with Crippen molar-refractivity contribution in [3.05, 3.63) is 365 Å². The molecule has 4 aliphatic rings. The van der Waals surface area contributed by atoms with Gasteiger partial charge in [-0.25, -0.2) is 19.9 Å². The Balaban J connectivity index is 0.000000132. The van der Waals surface area contributed by atoms with E-state index in [1.54, 1.807) is 18.7 Å². The van der Waals surface area contributed by atoms with E-state index in [-0.39, 0.29) is 80.4 Å². The van der Waals surface area contributed by atoms with Gasteiger partial charge in [-0.05, 0) is 152 Å². The summed E-state index contributed by atoms with van der Waals surface area (Å²) >= 11 is 0. The molecule has 0 saturated carbocycles. The molecular weight excluding hydrogens is 2040 g/mol. The largest absolute Gasteiger partial charge is 0.523 e. The zero-order chi connectivity index (χ0) is 69.8. The molecule has 4 aliphatic heterocycles. The third-order valence-corrected chi connectivity index (χ3v) is 18.3. The van der Waals surface area contributed by atoms with Crippen LogP contribution in [0.5, 0.6) is 0 Å². The van der Waals surface area contributed by atoms with E-state index >= 15 is 0 Å². The molecule has 10 heterocycles. The van der Waals surface area contributed by atoms with Gasteiger partial charge in [0.25, 0.3) is 0 Å². The number of hydrogen-bond acceptors (Lipinski definition) is 14. The summed E-state index contributed by atoms with van der Waals surface area (Å²) in [5.41, 5.74) is 21.4. The van der Waals surface area contributed by atoms with Crippen molar-refractivity contribution in [3.8, 4) is 11.1 Å². The number of aromatic nitrogens is 4. The fourth-order valence-electron chi connectivity index (χ4n) is 13.2. The number of aryl methyl sites for hydroxylation is 3. The van der Waals surface area contributed by atoms with E-state index in [1.165, 1.54) is 22.3 Å². The van der Waals surface area contributed by atoms with Crippen LogP contribution in [0.25, 0.3) is 33.1 Å². The van der Waals surface area contributed by atoms with E-state index in [9.17, 15) is 0 Å². The molecule has 0 aliphatic carbocycles. The van der Waals surface area contributed by atoms with Gasteiger partial charge in [0, 0.05) is 143 Å². The number of fused-ring (bicyclic) bond motifs is 6. The SMILES string of the molecule is CC(C)c1ccc2c(n1)N(c1[c-]cccc1)[CH-]N2c1ccccc1.CCc1ccc2c(n1)N(c1[c-]cccc1)[CH-]N2c1ccccc1.Cc1cccc(C)c1-c1ccnc2c1N(c1ccccc1)[CH-]N2c1[c-]cccc1.[Ir].[Ir].[Ir].[Ir].[c-]1cc2occc2cc1N1[CH-]N(c2ccc3occc3c2)c2cccnc21. The predicted octanol–water partition coefficient (Wildman–Crippen LogP) is 22.6. The van der Waals surface area contributed by atoms with Crippen LogP contribution < -0.4 is 39.2 Å². The molecule has 14 nitrogen and oxygen atoms in total.